The second kappa shape index (κ2) is 10.3. The first-order valence-corrected chi connectivity index (χ1v) is 10.7. The van der Waals surface area contributed by atoms with Crippen molar-refractivity contribution in [3.63, 3.8) is 0 Å². The molecule has 2 amide bonds. The summed E-state index contributed by atoms with van der Waals surface area (Å²) < 4.78 is 12.7. The van der Waals surface area contributed by atoms with Crippen LogP contribution in [-0.4, -0.2) is 40.4 Å². The van der Waals surface area contributed by atoms with Gasteiger partial charge in [0.1, 0.15) is 5.60 Å². The van der Waals surface area contributed by atoms with Gasteiger partial charge in [-0.15, -0.1) is 0 Å². The maximum Gasteiger partial charge on any atom is 0.412 e. The molecule has 8 heteroatoms. The van der Waals surface area contributed by atoms with E-state index in [9.17, 15) is 9.59 Å². The van der Waals surface area contributed by atoms with Gasteiger partial charge in [-0.2, -0.15) is 0 Å². The zero-order valence-electron chi connectivity index (χ0n) is 19.0. The number of nitrogens with one attached hydrogen (secondary N) is 2. The van der Waals surface area contributed by atoms with E-state index in [4.69, 9.17) is 9.47 Å². The van der Waals surface area contributed by atoms with Crippen molar-refractivity contribution in [3.05, 3.63) is 54.1 Å². The van der Waals surface area contributed by atoms with Gasteiger partial charge in [-0.1, -0.05) is 18.2 Å². The number of carbonyl (C=O) groups is 2. The highest BCUT2D eigenvalue weighted by molar-refractivity contribution is 6.05. The van der Waals surface area contributed by atoms with Crippen LogP contribution in [-0.2, 0) is 16.0 Å². The lowest BCUT2D eigenvalue weighted by atomic mass is 10.2. The standard InChI is InChI=1S/C24H30N4O4/c1-5-31-15-9-14-28-20-13-7-6-12-19(20)26-22(28)27-21(29)17-10-8-11-18(16-17)25-23(30)32-24(2,3)4/h6-8,10-13,16H,5,9,14-15H2,1-4H3,(H,25,30)(H,26,27,29). The molecule has 0 fully saturated rings. The van der Waals surface area contributed by atoms with Crippen LogP contribution in [0.2, 0.25) is 0 Å². The van der Waals surface area contributed by atoms with Gasteiger partial charge < -0.3 is 14.0 Å². The summed E-state index contributed by atoms with van der Waals surface area (Å²) in [6.45, 7) is 9.29. The third kappa shape index (κ3) is 6.31. The molecule has 0 aliphatic carbocycles. The van der Waals surface area contributed by atoms with Crippen molar-refractivity contribution in [2.75, 3.05) is 23.8 Å². The zero-order valence-corrected chi connectivity index (χ0v) is 19.0. The Hall–Kier alpha value is -3.39. The van der Waals surface area contributed by atoms with Crippen LogP contribution in [0.1, 0.15) is 44.5 Å². The normalized spacial score (nSPS) is 11.4. The van der Waals surface area contributed by atoms with Crippen molar-refractivity contribution < 1.29 is 19.1 Å². The maximum absolute atomic E-state index is 13.0. The monoisotopic (exact) mass is 438 g/mol. The Morgan fingerprint density at radius 1 is 1.06 bits per heavy atom. The first-order chi connectivity index (χ1) is 15.3. The number of amides is 2. The Bertz CT molecular complexity index is 1090. The van der Waals surface area contributed by atoms with Crippen LogP contribution in [0.25, 0.3) is 11.0 Å². The molecule has 0 atom stereocenters. The second-order valence-electron chi connectivity index (χ2n) is 8.29. The molecule has 32 heavy (non-hydrogen) atoms. The maximum atomic E-state index is 13.0. The van der Waals surface area contributed by atoms with E-state index in [0.717, 1.165) is 17.5 Å². The zero-order chi connectivity index (χ0) is 23.1. The molecule has 0 bridgehead atoms. The molecule has 8 nitrogen and oxygen atoms in total. The Morgan fingerprint density at radius 3 is 2.59 bits per heavy atom. The minimum Gasteiger partial charge on any atom is -0.444 e. The van der Waals surface area contributed by atoms with Gasteiger partial charge >= 0.3 is 6.09 Å². The quantitative estimate of drug-likeness (QED) is 0.479. The van der Waals surface area contributed by atoms with Crippen LogP contribution in [0.5, 0.6) is 0 Å². The summed E-state index contributed by atoms with van der Waals surface area (Å²) in [5.74, 6) is 0.150. The largest absolute Gasteiger partial charge is 0.444 e. The highest BCUT2D eigenvalue weighted by Gasteiger charge is 2.18. The SMILES string of the molecule is CCOCCCn1c(NC(=O)c2cccc(NC(=O)OC(C)(C)C)c2)nc2ccccc21. The molecule has 0 saturated heterocycles. The van der Waals surface area contributed by atoms with Gasteiger partial charge in [-0.05, 0) is 64.4 Å². The first-order valence-electron chi connectivity index (χ1n) is 10.7. The third-order valence-electron chi connectivity index (χ3n) is 4.52. The minimum atomic E-state index is -0.611. The van der Waals surface area contributed by atoms with Crippen LogP contribution in [0.3, 0.4) is 0 Å². The number of nitrogens with zero attached hydrogens (tertiary/aromatic N) is 2. The fraction of sp³-hybridized carbons (Fsp3) is 0.375. The van der Waals surface area contributed by atoms with Crippen LogP contribution in [0.4, 0.5) is 16.4 Å². The molecule has 0 aliphatic heterocycles. The minimum absolute atomic E-state index is 0.320. The van der Waals surface area contributed by atoms with Crippen LogP contribution in [0, 0.1) is 0 Å². The Balaban J connectivity index is 1.76. The number of rotatable bonds is 8. The molecule has 0 saturated carbocycles. The molecule has 0 unspecified atom stereocenters. The molecule has 0 aliphatic rings. The van der Waals surface area contributed by atoms with E-state index in [1.807, 2.05) is 35.8 Å². The molecular weight excluding hydrogens is 408 g/mol. The molecule has 2 N–H and O–H groups in total. The van der Waals surface area contributed by atoms with Crippen LogP contribution < -0.4 is 10.6 Å². The summed E-state index contributed by atoms with van der Waals surface area (Å²) in [6, 6.07) is 14.4. The van der Waals surface area contributed by atoms with Crippen LogP contribution >= 0.6 is 0 Å². The molecule has 3 aromatic rings. The van der Waals surface area contributed by atoms with Gasteiger partial charge in [-0.25, -0.2) is 9.78 Å². The fourth-order valence-electron chi connectivity index (χ4n) is 3.20. The topological polar surface area (TPSA) is 94.5 Å². The summed E-state index contributed by atoms with van der Waals surface area (Å²) >= 11 is 0. The number of imidazole rings is 1. The number of anilines is 2. The van der Waals surface area contributed by atoms with Crippen molar-refractivity contribution in [2.45, 2.75) is 46.3 Å². The number of benzene rings is 2. The fourth-order valence-corrected chi connectivity index (χ4v) is 3.20. The number of fused-ring (bicyclic) bond motifs is 1. The molecule has 1 heterocycles. The first kappa shape index (κ1) is 23.3. The summed E-state index contributed by atoms with van der Waals surface area (Å²) in [4.78, 5) is 29.6. The lowest BCUT2D eigenvalue weighted by Gasteiger charge is -2.19. The number of carbonyl (C=O) groups excluding carboxylic acids is 2. The third-order valence-corrected chi connectivity index (χ3v) is 4.52. The molecule has 0 radical (unpaired) electrons. The highest BCUT2D eigenvalue weighted by atomic mass is 16.6. The Labute approximate surface area is 187 Å². The average molecular weight is 439 g/mol. The summed E-state index contributed by atoms with van der Waals surface area (Å²) in [5, 5.41) is 5.56. The van der Waals surface area contributed by atoms with Gasteiger partial charge in [0, 0.05) is 31.0 Å². The smallest absolute Gasteiger partial charge is 0.412 e. The molecule has 0 spiro atoms. The number of ether oxygens (including phenoxy) is 2. The van der Waals surface area contributed by atoms with Crippen LogP contribution in [0.15, 0.2) is 48.5 Å². The number of aryl methyl sites for hydroxylation is 1. The number of aromatic nitrogens is 2. The van der Waals surface area contributed by atoms with Crippen molar-refractivity contribution >= 4 is 34.7 Å². The molecule has 1 aromatic heterocycles. The predicted octanol–water partition coefficient (Wildman–Crippen LogP) is 5.06. The second-order valence-corrected chi connectivity index (χ2v) is 8.29. The Kier molecular flexibility index (Phi) is 7.48. The number of hydrogen-bond acceptors (Lipinski definition) is 5. The van der Waals surface area contributed by atoms with E-state index in [1.54, 1.807) is 45.0 Å². The van der Waals surface area contributed by atoms with Crippen molar-refractivity contribution in [1.29, 1.82) is 0 Å². The van der Waals surface area contributed by atoms with Gasteiger partial charge in [0.25, 0.3) is 5.91 Å². The summed E-state index contributed by atoms with van der Waals surface area (Å²) in [6.07, 6.45) is 0.220. The summed E-state index contributed by atoms with van der Waals surface area (Å²) in [7, 11) is 0. The molecule has 170 valence electrons. The number of hydrogen-bond donors (Lipinski definition) is 2. The predicted molar refractivity (Wildman–Crippen MR) is 125 cm³/mol. The van der Waals surface area contributed by atoms with E-state index in [0.29, 0.717) is 37.0 Å². The van der Waals surface area contributed by atoms with E-state index in [1.165, 1.54) is 0 Å². The average Bonchev–Trinajstić information content (AvgIpc) is 3.07. The van der Waals surface area contributed by atoms with E-state index in [-0.39, 0.29) is 5.91 Å². The number of para-hydroxylation sites is 2. The van der Waals surface area contributed by atoms with Crippen molar-refractivity contribution in [1.82, 2.24) is 9.55 Å². The summed E-state index contributed by atoms with van der Waals surface area (Å²) in [5.41, 5.74) is 2.00. The molecule has 2 aromatic carbocycles. The highest BCUT2D eigenvalue weighted by Crippen LogP contribution is 2.21. The van der Waals surface area contributed by atoms with Gasteiger partial charge in [0.2, 0.25) is 5.95 Å². The van der Waals surface area contributed by atoms with Gasteiger partial charge in [0.05, 0.1) is 11.0 Å². The van der Waals surface area contributed by atoms with E-state index < -0.39 is 11.7 Å². The molecule has 3 rings (SSSR count). The Morgan fingerprint density at radius 2 is 1.84 bits per heavy atom. The lowest BCUT2D eigenvalue weighted by Crippen LogP contribution is -2.27. The van der Waals surface area contributed by atoms with E-state index in [2.05, 4.69) is 15.6 Å². The van der Waals surface area contributed by atoms with E-state index >= 15 is 0 Å². The molecular formula is C24H30N4O4. The lowest BCUT2D eigenvalue weighted by molar-refractivity contribution is 0.0635. The van der Waals surface area contributed by atoms with Crippen molar-refractivity contribution in [2.24, 2.45) is 0 Å². The van der Waals surface area contributed by atoms with Crippen molar-refractivity contribution in [3.8, 4) is 0 Å². The van der Waals surface area contributed by atoms with Gasteiger partial charge in [-0.3, -0.25) is 15.4 Å². The van der Waals surface area contributed by atoms with Gasteiger partial charge in [0.15, 0.2) is 0 Å².